The van der Waals surface area contributed by atoms with Gasteiger partial charge in [0.15, 0.2) is 0 Å². The Balaban J connectivity index is 2.10. The quantitative estimate of drug-likeness (QED) is 0.717. The molecule has 2 N–H and O–H groups in total. The molecule has 0 saturated carbocycles. The molecule has 1 unspecified atom stereocenters. The topological polar surface area (TPSA) is 52.3 Å². The molecule has 1 atom stereocenters. The van der Waals surface area contributed by atoms with Crippen molar-refractivity contribution in [1.29, 1.82) is 0 Å². The zero-order valence-electron chi connectivity index (χ0n) is 9.19. The van der Waals surface area contributed by atoms with Gasteiger partial charge in [-0.2, -0.15) is 0 Å². The minimum absolute atomic E-state index is 0.423. The highest BCUT2D eigenvalue weighted by Crippen LogP contribution is 2.33. The lowest BCUT2D eigenvalue weighted by Gasteiger charge is -2.05. The zero-order chi connectivity index (χ0) is 12.7. The maximum atomic E-state index is 6.14. The smallest absolute Gasteiger partial charge is 0.148 e. The van der Waals surface area contributed by atoms with E-state index in [0.717, 1.165) is 19.9 Å². The minimum Gasteiger partial charge on any atom is -0.466 e. The lowest BCUT2D eigenvalue weighted by molar-refractivity contribution is 0.443. The molecule has 0 aliphatic rings. The van der Waals surface area contributed by atoms with Crippen LogP contribution >= 0.6 is 31.9 Å². The van der Waals surface area contributed by atoms with Crippen LogP contribution in [-0.4, -0.2) is 0 Å². The molecule has 0 fully saturated rings. The van der Waals surface area contributed by atoms with Gasteiger partial charge in [-0.05, 0) is 50.1 Å². The van der Waals surface area contributed by atoms with Crippen molar-refractivity contribution in [3.63, 3.8) is 0 Å². The summed E-state index contributed by atoms with van der Waals surface area (Å²) < 4.78 is 12.9. The van der Waals surface area contributed by atoms with Gasteiger partial charge in [-0.15, -0.1) is 0 Å². The number of para-hydroxylation sites is 1. The minimum atomic E-state index is -0.423. The van der Waals surface area contributed by atoms with E-state index in [1.165, 1.54) is 0 Å². The highest BCUT2D eigenvalue weighted by atomic mass is 79.9. The summed E-state index contributed by atoms with van der Waals surface area (Å²) in [6.45, 7) is 0. The molecular formula is C13H9Br2NO2. The second kappa shape index (κ2) is 4.57. The molecule has 18 heavy (non-hydrogen) atoms. The normalized spacial score (nSPS) is 13.1. The van der Waals surface area contributed by atoms with Crippen LogP contribution in [0.5, 0.6) is 0 Å². The van der Waals surface area contributed by atoms with Crippen LogP contribution in [0.1, 0.15) is 17.6 Å². The standard InChI is InChI=1S/C13H9Br2NO2/c14-8-3-1-2-7-6-10(18-12(7)8)11(16)13-9(15)4-5-17-13/h1-6,11H,16H2. The fraction of sp³-hybridized carbons (Fsp3) is 0.0769. The van der Waals surface area contributed by atoms with Gasteiger partial charge < -0.3 is 14.6 Å². The first-order valence-electron chi connectivity index (χ1n) is 5.33. The van der Waals surface area contributed by atoms with E-state index in [-0.39, 0.29) is 0 Å². The first-order valence-corrected chi connectivity index (χ1v) is 6.92. The molecule has 2 heterocycles. The van der Waals surface area contributed by atoms with Gasteiger partial charge >= 0.3 is 0 Å². The Morgan fingerprint density at radius 2 is 1.94 bits per heavy atom. The Hall–Kier alpha value is -1.04. The van der Waals surface area contributed by atoms with E-state index in [1.54, 1.807) is 6.26 Å². The number of fused-ring (bicyclic) bond motifs is 1. The van der Waals surface area contributed by atoms with E-state index in [0.29, 0.717) is 11.5 Å². The third-order valence-corrected chi connectivity index (χ3v) is 4.03. The summed E-state index contributed by atoms with van der Waals surface area (Å²) in [6, 6.07) is 9.20. The van der Waals surface area contributed by atoms with Gasteiger partial charge in [0.2, 0.25) is 0 Å². The summed E-state index contributed by atoms with van der Waals surface area (Å²) in [7, 11) is 0. The van der Waals surface area contributed by atoms with Gasteiger partial charge in [-0.3, -0.25) is 0 Å². The van der Waals surface area contributed by atoms with Gasteiger partial charge in [0, 0.05) is 5.39 Å². The van der Waals surface area contributed by atoms with E-state index in [4.69, 9.17) is 14.6 Å². The number of benzene rings is 1. The molecule has 3 aromatic rings. The molecule has 0 aliphatic carbocycles. The number of hydrogen-bond acceptors (Lipinski definition) is 3. The summed E-state index contributed by atoms with van der Waals surface area (Å²) in [5.74, 6) is 1.33. The van der Waals surface area contributed by atoms with E-state index in [9.17, 15) is 0 Å². The van der Waals surface area contributed by atoms with Crippen molar-refractivity contribution >= 4 is 42.8 Å². The second-order valence-corrected chi connectivity index (χ2v) is 5.63. The third-order valence-electron chi connectivity index (χ3n) is 2.75. The monoisotopic (exact) mass is 369 g/mol. The molecule has 3 nitrogen and oxygen atoms in total. The van der Waals surface area contributed by atoms with Crippen molar-refractivity contribution in [3.8, 4) is 0 Å². The number of halogens is 2. The molecule has 0 bridgehead atoms. The highest BCUT2D eigenvalue weighted by molar-refractivity contribution is 9.11. The number of furan rings is 2. The zero-order valence-corrected chi connectivity index (χ0v) is 12.4. The Labute approximate surface area is 120 Å². The fourth-order valence-corrected chi connectivity index (χ4v) is 2.77. The van der Waals surface area contributed by atoms with Crippen LogP contribution in [0.2, 0.25) is 0 Å². The first kappa shape index (κ1) is 12.0. The van der Waals surface area contributed by atoms with Crippen LogP contribution in [0.3, 0.4) is 0 Å². The summed E-state index contributed by atoms with van der Waals surface area (Å²) in [5.41, 5.74) is 6.94. The fourth-order valence-electron chi connectivity index (χ4n) is 1.86. The molecule has 1 aromatic carbocycles. The second-order valence-electron chi connectivity index (χ2n) is 3.92. The average Bonchev–Trinajstić information content (AvgIpc) is 2.95. The molecule has 0 radical (unpaired) electrons. The van der Waals surface area contributed by atoms with Crippen molar-refractivity contribution in [2.24, 2.45) is 5.73 Å². The van der Waals surface area contributed by atoms with Crippen molar-refractivity contribution in [2.75, 3.05) is 0 Å². The largest absolute Gasteiger partial charge is 0.466 e. The Bertz CT molecular complexity index is 702. The predicted molar refractivity (Wildman–Crippen MR) is 76.4 cm³/mol. The molecular weight excluding hydrogens is 362 g/mol. The molecule has 0 saturated heterocycles. The molecule has 5 heteroatoms. The van der Waals surface area contributed by atoms with Crippen LogP contribution in [-0.2, 0) is 0 Å². The summed E-state index contributed by atoms with van der Waals surface area (Å²) >= 11 is 6.85. The summed E-state index contributed by atoms with van der Waals surface area (Å²) in [5, 5.41) is 1.01. The maximum Gasteiger partial charge on any atom is 0.148 e. The number of hydrogen-bond donors (Lipinski definition) is 1. The first-order chi connectivity index (χ1) is 8.66. The summed E-state index contributed by atoms with van der Waals surface area (Å²) in [6.07, 6.45) is 1.60. The molecule has 0 amide bonds. The van der Waals surface area contributed by atoms with E-state index < -0.39 is 6.04 Å². The van der Waals surface area contributed by atoms with E-state index >= 15 is 0 Å². The van der Waals surface area contributed by atoms with Crippen LogP contribution < -0.4 is 5.73 Å². The Morgan fingerprint density at radius 3 is 2.61 bits per heavy atom. The van der Waals surface area contributed by atoms with Crippen molar-refractivity contribution in [3.05, 3.63) is 57.1 Å². The van der Waals surface area contributed by atoms with Crippen molar-refractivity contribution in [2.45, 2.75) is 6.04 Å². The van der Waals surface area contributed by atoms with Crippen LogP contribution in [0.15, 0.2) is 54.4 Å². The molecule has 3 rings (SSSR count). The maximum absolute atomic E-state index is 6.14. The van der Waals surface area contributed by atoms with Crippen LogP contribution in [0, 0.1) is 0 Å². The number of nitrogens with two attached hydrogens (primary N) is 1. The van der Waals surface area contributed by atoms with Gasteiger partial charge in [0.05, 0.1) is 15.2 Å². The lowest BCUT2D eigenvalue weighted by atomic mass is 10.1. The molecule has 2 aromatic heterocycles. The predicted octanol–water partition coefficient (Wildman–Crippen LogP) is 4.60. The Morgan fingerprint density at radius 1 is 1.11 bits per heavy atom. The van der Waals surface area contributed by atoms with Gasteiger partial charge in [-0.25, -0.2) is 0 Å². The SMILES string of the molecule is NC(c1cc2cccc(Br)c2o1)c1occc1Br. The van der Waals surface area contributed by atoms with Gasteiger partial charge in [-0.1, -0.05) is 12.1 Å². The van der Waals surface area contributed by atoms with Crippen LogP contribution in [0.4, 0.5) is 0 Å². The number of rotatable bonds is 2. The summed E-state index contributed by atoms with van der Waals surface area (Å²) in [4.78, 5) is 0. The van der Waals surface area contributed by atoms with E-state index in [1.807, 2.05) is 30.3 Å². The third kappa shape index (κ3) is 1.92. The molecule has 92 valence electrons. The highest BCUT2D eigenvalue weighted by Gasteiger charge is 2.20. The molecule has 0 spiro atoms. The van der Waals surface area contributed by atoms with Crippen molar-refractivity contribution in [1.82, 2.24) is 0 Å². The van der Waals surface area contributed by atoms with Crippen LogP contribution in [0.25, 0.3) is 11.0 Å². The van der Waals surface area contributed by atoms with Gasteiger partial charge in [0.25, 0.3) is 0 Å². The van der Waals surface area contributed by atoms with E-state index in [2.05, 4.69) is 31.9 Å². The molecule has 0 aliphatic heterocycles. The Kier molecular flexibility index (Phi) is 3.05. The van der Waals surface area contributed by atoms with Gasteiger partial charge in [0.1, 0.15) is 23.1 Å². The lowest BCUT2D eigenvalue weighted by Crippen LogP contribution is -2.10. The average molecular weight is 371 g/mol. The van der Waals surface area contributed by atoms with Crippen molar-refractivity contribution < 1.29 is 8.83 Å².